The van der Waals surface area contributed by atoms with Gasteiger partial charge < -0.3 is 15.0 Å². The van der Waals surface area contributed by atoms with Crippen LogP contribution in [0.3, 0.4) is 0 Å². The second kappa shape index (κ2) is 6.83. The van der Waals surface area contributed by atoms with Gasteiger partial charge in [0.1, 0.15) is 0 Å². The third kappa shape index (κ3) is 5.03. The van der Waals surface area contributed by atoms with Crippen LogP contribution in [-0.4, -0.2) is 42.3 Å². The Balaban J connectivity index is 2.40. The minimum Gasteiger partial charge on any atom is -0.408 e. The molecule has 0 radical (unpaired) electrons. The Labute approximate surface area is 113 Å². The Morgan fingerprint density at radius 1 is 1.53 bits per heavy atom. The number of hydrogen-bond donors (Lipinski definition) is 2. The predicted octanol–water partition coefficient (Wildman–Crippen LogP) is 2.37. The smallest absolute Gasteiger partial charge is 0.390 e. The number of halogens is 2. The third-order valence-corrected chi connectivity index (χ3v) is 6.50. The van der Waals surface area contributed by atoms with E-state index in [9.17, 15) is 9.59 Å². The largest absolute Gasteiger partial charge is 0.408 e. The van der Waals surface area contributed by atoms with E-state index < -0.39 is 6.94 Å². The van der Waals surface area contributed by atoms with Crippen molar-refractivity contribution in [1.82, 2.24) is 10.2 Å². The summed E-state index contributed by atoms with van der Waals surface area (Å²) in [6.45, 7) is 1.00. The van der Waals surface area contributed by atoms with Crippen LogP contribution in [-0.2, 0) is 0 Å². The van der Waals surface area contributed by atoms with Crippen LogP contribution in [0.25, 0.3) is 0 Å². The topological polar surface area (TPSA) is 52.6 Å². The summed E-state index contributed by atoms with van der Waals surface area (Å²) in [7, 11) is 0. The summed E-state index contributed by atoms with van der Waals surface area (Å²) in [4.78, 5) is 22.9. The molecule has 0 aromatic heterocycles. The van der Waals surface area contributed by atoms with E-state index in [1.807, 2.05) is 0 Å². The van der Waals surface area contributed by atoms with E-state index in [2.05, 4.69) is 12.2 Å². The number of rotatable bonds is 7. The van der Waals surface area contributed by atoms with Crippen molar-refractivity contribution in [2.24, 2.45) is 0 Å². The van der Waals surface area contributed by atoms with Crippen LogP contribution in [0.5, 0.6) is 0 Å². The first-order chi connectivity index (χ1) is 7.95. The van der Waals surface area contributed by atoms with Crippen molar-refractivity contribution in [2.75, 3.05) is 19.6 Å². The van der Waals surface area contributed by atoms with E-state index in [1.54, 1.807) is 4.90 Å². The van der Waals surface area contributed by atoms with Crippen LogP contribution in [0.1, 0.15) is 32.6 Å². The first-order valence-corrected chi connectivity index (χ1v) is 10.1. The number of carbonyl (C=O) groups is 1. The second-order valence-electron chi connectivity index (χ2n) is 4.43. The molecule has 0 spiro atoms. The lowest BCUT2D eigenvalue weighted by Crippen LogP contribution is -2.33. The van der Waals surface area contributed by atoms with Gasteiger partial charge in [-0.1, -0.05) is 19.8 Å². The molecule has 1 atom stereocenters. The Morgan fingerprint density at radius 3 is 2.71 bits per heavy atom. The summed E-state index contributed by atoms with van der Waals surface area (Å²) in [6, 6.07) is -0.0337. The summed E-state index contributed by atoms with van der Waals surface area (Å²) < 4.78 is 0. The molecule has 1 heterocycles. The van der Waals surface area contributed by atoms with E-state index in [0.717, 1.165) is 25.8 Å². The predicted molar refractivity (Wildman–Crippen MR) is 72.5 cm³/mol. The van der Waals surface area contributed by atoms with E-state index in [4.69, 9.17) is 22.2 Å². The molecule has 1 fully saturated rings. The Bertz CT molecular complexity index is 261. The molecule has 17 heavy (non-hydrogen) atoms. The van der Waals surface area contributed by atoms with Gasteiger partial charge in [0, 0.05) is 25.2 Å². The molecule has 0 aliphatic carbocycles. The summed E-state index contributed by atoms with van der Waals surface area (Å²) in [5.74, 6) is 0. The van der Waals surface area contributed by atoms with Crippen LogP contribution in [0.15, 0.2) is 0 Å². The Kier molecular flexibility index (Phi) is 6.06. The van der Waals surface area contributed by atoms with Gasteiger partial charge in [-0.2, -0.15) is 0 Å². The molecule has 1 unspecified atom stereocenters. The van der Waals surface area contributed by atoms with Crippen molar-refractivity contribution in [3.8, 4) is 0 Å². The highest BCUT2D eigenvalue weighted by atomic mass is 35.7. The maximum atomic E-state index is 11.3. The highest BCUT2D eigenvalue weighted by Gasteiger charge is 2.37. The van der Waals surface area contributed by atoms with Gasteiger partial charge in [-0.05, 0) is 12.8 Å². The number of urea groups is 1. The fraction of sp³-hybridized carbons (Fsp3) is 0.900. The molecular weight excluding hydrogens is 279 g/mol. The molecule has 2 N–H and O–H groups in total. The summed E-state index contributed by atoms with van der Waals surface area (Å²) in [5.41, 5.74) is -0.0563. The molecule has 1 aliphatic heterocycles. The minimum absolute atomic E-state index is 0.0337. The molecular formula is C10H20Cl2N2O2Si. The number of nitrogens with one attached hydrogen (secondary N) is 1. The maximum Gasteiger partial charge on any atom is 0.390 e. The van der Waals surface area contributed by atoms with Gasteiger partial charge in [-0.3, -0.25) is 0 Å². The van der Waals surface area contributed by atoms with Gasteiger partial charge in [0.15, 0.2) is 0 Å². The van der Waals surface area contributed by atoms with Crippen molar-refractivity contribution < 1.29 is 9.59 Å². The zero-order chi connectivity index (χ0) is 12.9. The molecule has 4 nitrogen and oxygen atoms in total. The lowest BCUT2D eigenvalue weighted by molar-refractivity contribution is 0.216. The molecule has 0 aromatic rings. The summed E-state index contributed by atoms with van der Waals surface area (Å²) in [6.07, 6.45) is 3.58. The monoisotopic (exact) mass is 298 g/mol. The fourth-order valence-corrected chi connectivity index (χ4v) is 4.32. The first kappa shape index (κ1) is 15.1. The SMILES string of the molecule is CCCCC(CCN1CCNC1=O)[Si](O)(Cl)Cl. The Morgan fingerprint density at radius 2 is 2.24 bits per heavy atom. The molecule has 1 saturated heterocycles. The number of nitrogens with zero attached hydrogens (tertiary/aromatic N) is 1. The average Bonchev–Trinajstić information content (AvgIpc) is 2.62. The highest BCUT2D eigenvalue weighted by molar-refractivity contribution is 7.42. The van der Waals surface area contributed by atoms with Gasteiger partial charge in [-0.25, -0.2) is 4.79 Å². The van der Waals surface area contributed by atoms with Crippen LogP contribution in [0.2, 0.25) is 5.54 Å². The van der Waals surface area contributed by atoms with Gasteiger partial charge in [0.25, 0.3) is 0 Å². The maximum absolute atomic E-state index is 11.3. The van der Waals surface area contributed by atoms with E-state index >= 15 is 0 Å². The molecule has 1 aliphatic rings. The number of carbonyl (C=O) groups excluding carboxylic acids is 1. The molecule has 100 valence electrons. The fourth-order valence-electron chi connectivity index (χ4n) is 1.98. The number of amides is 2. The molecule has 2 amide bonds. The quantitative estimate of drug-likeness (QED) is 0.560. The van der Waals surface area contributed by atoms with E-state index in [0.29, 0.717) is 19.5 Å². The van der Waals surface area contributed by atoms with Crippen molar-refractivity contribution in [3.63, 3.8) is 0 Å². The molecule has 1 rings (SSSR count). The van der Waals surface area contributed by atoms with Gasteiger partial charge in [-0.15, -0.1) is 22.2 Å². The first-order valence-electron chi connectivity index (χ1n) is 6.08. The van der Waals surface area contributed by atoms with Crippen LogP contribution >= 0.6 is 22.2 Å². The molecule has 0 bridgehead atoms. The van der Waals surface area contributed by atoms with Crippen LogP contribution in [0, 0.1) is 0 Å². The van der Waals surface area contributed by atoms with Crippen molar-refractivity contribution in [1.29, 1.82) is 0 Å². The average molecular weight is 299 g/mol. The lowest BCUT2D eigenvalue weighted by atomic mass is 10.1. The summed E-state index contributed by atoms with van der Waals surface area (Å²) >= 11 is 11.8. The zero-order valence-corrected chi connectivity index (χ0v) is 12.6. The molecule has 0 aromatic carbocycles. The van der Waals surface area contributed by atoms with E-state index in [-0.39, 0.29) is 11.6 Å². The zero-order valence-electron chi connectivity index (χ0n) is 10.1. The Hall–Kier alpha value is 0.0269. The minimum atomic E-state index is -3.13. The molecule has 0 saturated carbocycles. The van der Waals surface area contributed by atoms with Gasteiger partial charge in [0.2, 0.25) is 0 Å². The van der Waals surface area contributed by atoms with Crippen molar-refractivity contribution in [2.45, 2.75) is 38.1 Å². The lowest BCUT2D eigenvalue weighted by Gasteiger charge is -2.24. The van der Waals surface area contributed by atoms with Crippen molar-refractivity contribution in [3.05, 3.63) is 0 Å². The van der Waals surface area contributed by atoms with Crippen molar-refractivity contribution >= 4 is 35.1 Å². The van der Waals surface area contributed by atoms with E-state index in [1.165, 1.54) is 0 Å². The normalized spacial score (nSPS) is 18.4. The second-order valence-corrected chi connectivity index (χ2v) is 10.5. The standard InChI is InChI=1S/C10H20Cl2N2O2Si/c1-2-3-4-9(17(11,12)16)5-7-14-8-6-13-10(14)15/h9,16H,2-8H2,1H3,(H,13,15). The van der Waals surface area contributed by atoms with Gasteiger partial charge >= 0.3 is 13.0 Å². The number of hydrogen-bond acceptors (Lipinski definition) is 2. The van der Waals surface area contributed by atoms with Crippen LogP contribution in [0.4, 0.5) is 4.79 Å². The molecule has 7 heteroatoms. The third-order valence-electron chi connectivity index (χ3n) is 3.09. The highest BCUT2D eigenvalue weighted by Crippen LogP contribution is 2.34. The van der Waals surface area contributed by atoms with Crippen LogP contribution < -0.4 is 5.32 Å². The summed E-state index contributed by atoms with van der Waals surface area (Å²) in [5, 5.41) is 2.75. The van der Waals surface area contributed by atoms with Gasteiger partial charge in [0.05, 0.1) is 0 Å². The number of unbranched alkanes of at least 4 members (excludes halogenated alkanes) is 1.